The molecule has 2 unspecified atom stereocenters. The third kappa shape index (κ3) is 2.18. The third-order valence-corrected chi connectivity index (χ3v) is 2.37. The van der Waals surface area contributed by atoms with Gasteiger partial charge in [0.25, 0.3) is 10.1 Å². The summed E-state index contributed by atoms with van der Waals surface area (Å²) >= 11 is 0. The van der Waals surface area contributed by atoms with Gasteiger partial charge in [-0.1, -0.05) is 6.92 Å². The van der Waals surface area contributed by atoms with Crippen molar-refractivity contribution in [3.8, 4) is 0 Å². The molecule has 2 atom stereocenters. The van der Waals surface area contributed by atoms with Crippen molar-refractivity contribution >= 4 is 16.0 Å². The Bertz CT molecular complexity index is 284. The smallest absolute Gasteiger partial charge is 0.264 e. The van der Waals surface area contributed by atoms with Crippen LogP contribution in [0.3, 0.4) is 0 Å². The minimum absolute atomic E-state index is 0.0335. The first-order valence-corrected chi connectivity index (χ1v) is 5.36. The van der Waals surface area contributed by atoms with Gasteiger partial charge in [-0.15, -0.1) is 0 Å². The molecule has 6 heteroatoms. The van der Waals surface area contributed by atoms with Crippen LogP contribution in [0.2, 0.25) is 0 Å². The van der Waals surface area contributed by atoms with Gasteiger partial charge in [0.2, 0.25) is 5.91 Å². The van der Waals surface area contributed by atoms with Crippen LogP contribution in [0.1, 0.15) is 6.92 Å². The van der Waals surface area contributed by atoms with E-state index in [0.717, 1.165) is 6.26 Å². The van der Waals surface area contributed by atoms with E-state index in [0.29, 0.717) is 0 Å². The highest BCUT2D eigenvalue weighted by molar-refractivity contribution is 7.85. The molecule has 0 aromatic rings. The lowest BCUT2D eigenvalue weighted by atomic mass is 9.94. The van der Waals surface area contributed by atoms with E-state index in [4.69, 9.17) is 0 Å². The number of rotatable bonds is 3. The van der Waals surface area contributed by atoms with Gasteiger partial charge in [0.05, 0.1) is 24.8 Å². The number of hydrogen-bond acceptors (Lipinski definition) is 4. The third-order valence-electron chi connectivity index (χ3n) is 1.81. The maximum absolute atomic E-state index is 10.6. The Morgan fingerprint density at radius 1 is 1.58 bits per heavy atom. The Kier molecular flexibility index (Phi) is 2.39. The fraction of sp³-hybridized carbons (Fsp3) is 0.833. The van der Waals surface area contributed by atoms with Crippen LogP contribution in [0.5, 0.6) is 0 Å². The lowest BCUT2D eigenvalue weighted by Gasteiger charge is -2.33. The summed E-state index contributed by atoms with van der Waals surface area (Å²) < 4.78 is 25.6. The number of hydrogen-bond donors (Lipinski definition) is 1. The predicted molar refractivity (Wildman–Crippen MR) is 41.9 cm³/mol. The highest BCUT2D eigenvalue weighted by Gasteiger charge is 2.35. The Morgan fingerprint density at radius 3 is 2.50 bits per heavy atom. The molecule has 1 amide bonds. The summed E-state index contributed by atoms with van der Waals surface area (Å²) in [6, 6.07) is -0.160. The summed E-state index contributed by atoms with van der Waals surface area (Å²) in [7, 11) is -3.39. The summed E-state index contributed by atoms with van der Waals surface area (Å²) in [6.45, 7) is 1.76. The maximum atomic E-state index is 10.6. The molecule has 1 heterocycles. The summed E-state index contributed by atoms with van der Waals surface area (Å²) in [6.07, 6.45) is 0.984. The molecule has 5 nitrogen and oxygen atoms in total. The fourth-order valence-corrected chi connectivity index (χ4v) is 1.30. The van der Waals surface area contributed by atoms with E-state index in [-0.39, 0.29) is 24.5 Å². The van der Waals surface area contributed by atoms with Crippen LogP contribution >= 0.6 is 0 Å². The van der Waals surface area contributed by atoms with Gasteiger partial charge in [-0.05, 0) is 0 Å². The van der Waals surface area contributed by atoms with Gasteiger partial charge in [0, 0.05) is 0 Å². The minimum Gasteiger partial charge on any atom is -0.350 e. The number of β-lactam (4-membered cyclic amide) rings is 1. The molecule has 0 aromatic heterocycles. The van der Waals surface area contributed by atoms with Crippen molar-refractivity contribution in [1.82, 2.24) is 5.32 Å². The van der Waals surface area contributed by atoms with Crippen molar-refractivity contribution in [2.24, 2.45) is 5.92 Å². The summed E-state index contributed by atoms with van der Waals surface area (Å²) in [5, 5.41) is 2.54. The molecule has 0 radical (unpaired) electrons. The summed E-state index contributed by atoms with van der Waals surface area (Å²) in [4.78, 5) is 10.6. The molecule has 0 aliphatic carbocycles. The predicted octanol–water partition coefficient (Wildman–Crippen LogP) is -0.903. The van der Waals surface area contributed by atoms with Crippen LogP contribution in [-0.4, -0.2) is 33.2 Å². The van der Waals surface area contributed by atoms with Crippen LogP contribution in [0.15, 0.2) is 0 Å². The van der Waals surface area contributed by atoms with Crippen molar-refractivity contribution in [2.75, 3.05) is 12.9 Å². The SMILES string of the molecule is CC1C(=O)NC1COS(C)(=O)=O. The van der Waals surface area contributed by atoms with Crippen LogP contribution < -0.4 is 5.32 Å². The summed E-state index contributed by atoms with van der Waals surface area (Å²) in [5.41, 5.74) is 0. The zero-order valence-electron chi connectivity index (χ0n) is 6.90. The van der Waals surface area contributed by atoms with E-state index >= 15 is 0 Å². The molecular formula is C6H11NO4S. The van der Waals surface area contributed by atoms with Gasteiger partial charge in [0.15, 0.2) is 0 Å². The average Bonchev–Trinajstić information content (AvgIpc) is 1.95. The van der Waals surface area contributed by atoms with Crippen LogP contribution in [0, 0.1) is 5.92 Å². The Labute approximate surface area is 71.2 Å². The normalized spacial score (nSPS) is 29.3. The second-order valence-corrected chi connectivity index (χ2v) is 4.54. The quantitative estimate of drug-likeness (QED) is 0.465. The molecule has 0 bridgehead atoms. The van der Waals surface area contributed by atoms with Gasteiger partial charge >= 0.3 is 0 Å². The number of carbonyl (C=O) groups is 1. The second kappa shape index (κ2) is 3.02. The molecule has 1 rings (SSSR count). The molecule has 1 fully saturated rings. The van der Waals surface area contributed by atoms with Crippen molar-refractivity contribution in [1.29, 1.82) is 0 Å². The van der Waals surface area contributed by atoms with Crippen molar-refractivity contribution in [3.63, 3.8) is 0 Å². The first-order chi connectivity index (χ1) is 5.40. The van der Waals surface area contributed by atoms with Gasteiger partial charge < -0.3 is 5.32 Å². The Morgan fingerprint density at radius 2 is 2.17 bits per heavy atom. The van der Waals surface area contributed by atoms with Crippen LogP contribution in [0.25, 0.3) is 0 Å². The van der Waals surface area contributed by atoms with Crippen molar-refractivity contribution < 1.29 is 17.4 Å². The monoisotopic (exact) mass is 193 g/mol. The minimum atomic E-state index is -3.39. The van der Waals surface area contributed by atoms with E-state index in [1.54, 1.807) is 6.92 Å². The van der Waals surface area contributed by atoms with E-state index in [1.807, 2.05) is 0 Å². The number of carbonyl (C=O) groups excluding carboxylic acids is 1. The lowest BCUT2D eigenvalue weighted by molar-refractivity contribution is -0.135. The molecule has 1 saturated heterocycles. The number of nitrogens with one attached hydrogen (secondary N) is 1. The Balaban J connectivity index is 2.31. The van der Waals surface area contributed by atoms with Gasteiger partial charge in [-0.3, -0.25) is 8.98 Å². The highest BCUT2D eigenvalue weighted by atomic mass is 32.2. The maximum Gasteiger partial charge on any atom is 0.264 e. The summed E-state index contributed by atoms with van der Waals surface area (Å²) in [5.74, 6) is -0.205. The highest BCUT2D eigenvalue weighted by Crippen LogP contribution is 2.14. The Hall–Kier alpha value is -0.620. The molecule has 0 saturated carbocycles. The first kappa shape index (κ1) is 9.47. The molecular weight excluding hydrogens is 182 g/mol. The zero-order valence-corrected chi connectivity index (χ0v) is 7.72. The topological polar surface area (TPSA) is 72.5 Å². The molecule has 12 heavy (non-hydrogen) atoms. The molecule has 1 aliphatic heterocycles. The van der Waals surface area contributed by atoms with E-state index in [9.17, 15) is 13.2 Å². The first-order valence-electron chi connectivity index (χ1n) is 3.55. The van der Waals surface area contributed by atoms with E-state index in [1.165, 1.54) is 0 Å². The lowest BCUT2D eigenvalue weighted by Crippen LogP contribution is -2.59. The van der Waals surface area contributed by atoms with E-state index in [2.05, 4.69) is 9.50 Å². The number of amides is 1. The van der Waals surface area contributed by atoms with Gasteiger partial charge in [-0.25, -0.2) is 0 Å². The van der Waals surface area contributed by atoms with Gasteiger partial charge in [0.1, 0.15) is 0 Å². The second-order valence-electron chi connectivity index (χ2n) is 2.89. The average molecular weight is 193 g/mol. The zero-order chi connectivity index (χ0) is 9.35. The van der Waals surface area contributed by atoms with Crippen molar-refractivity contribution in [3.05, 3.63) is 0 Å². The molecule has 1 aliphatic rings. The van der Waals surface area contributed by atoms with Crippen LogP contribution in [0.4, 0.5) is 0 Å². The van der Waals surface area contributed by atoms with E-state index < -0.39 is 10.1 Å². The largest absolute Gasteiger partial charge is 0.350 e. The van der Waals surface area contributed by atoms with Crippen LogP contribution in [-0.2, 0) is 19.1 Å². The molecule has 0 aromatic carbocycles. The standard InChI is InChI=1S/C6H11NO4S/c1-4-5(7-6(4)8)3-11-12(2,9)10/h4-5H,3H2,1-2H3,(H,7,8). The molecule has 1 N–H and O–H groups in total. The molecule has 70 valence electrons. The van der Waals surface area contributed by atoms with Gasteiger partial charge in [-0.2, -0.15) is 8.42 Å². The molecule has 0 spiro atoms. The fourth-order valence-electron chi connectivity index (χ4n) is 0.909. The van der Waals surface area contributed by atoms with Crippen molar-refractivity contribution in [2.45, 2.75) is 13.0 Å².